The first-order valence-electron chi connectivity index (χ1n) is 7.63. The summed E-state index contributed by atoms with van der Waals surface area (Å²) in [6.45, 7) is 0. The summed E-state index contributed by atoms with van der Waals surface area (Å²) < 4.78 is 0. The molecule has 1 aromatic heterocycles. The van der Waals surface area contributed by atoms with Gasteiger partial charge in [-0.3, -0.25) is 9.78 Å². The molecule has 4 heteroatoms. The van der Waals surface area contributed by atoms with Crippen molar-refractivity contribution >= 4 is 24.2 Å². The Hall–Kier alpha value is -1.03. The Morgan fingerprint density at radius 3 is 2.10 bits per heavy atom. The lowest BCUT2D eigenvalue weighted by Crippen LogP contribution is -2.10. The first kappa shape index (κ1) is 17.0. The van der Waals surface area contributed by atoms with Gasteiger partial charge in [0.15, 0.2) is 0 Å². The minimum Gasteiger partial charge on any atom is -0.326 e. The van der Waals surface area contributed by atoms with Crippen LogP contribution >= 0.6 is 12.6 Å². The third-order valence-corrected chi connectivity index (χ3v) is 3.59. The molecule has 0 spiro atoms. The maximum atomic E-state index is 11.7. The lowest BCUT2D eigenvalue weighted by atomic mass is 10.1. The summed E-state index contributed by atoms with van der Waals surface area (Å²) >= 11 is 4.21. The van der Waals surface area contributed by atoms with Gasteiger partial charge in [0.05, 0.1) is 0 Å². The fraction of sp³-hybridized carbons (Fsp3) is 0.625. The molecule has 0 saturated carbocycles. The van der Waals surface area contributed by atoms with Crippen molar-refractivity contribution in [3.8, 4) is 0 Å². The van der Waals surface area contributed by atoms with E-state index in [9.17, 15) is 4.79 Å². The van der Waals surface area contributed by atoms with Crippen molar-refractivity contribution in [1.82, 2.24) is 4.98 Å². The Kier molecular flexibility index (Phi) is 10.0. The number of carbonyl (C=O) groups excluding carboxylic acids is 1. The highest BCUT2D eigenvalue weighted by molar-refractivity contribution is 7.80. The van der Waals surface area contributed by atoms with E-state index in [-0.39, 0.29) is 5.91 Å². The smallest absolute Gasteiger partial charge is 0.224 e. The van der Waals surface area contributed by atoms with Gasteiger partial charge in [0.1, 0.15) is 0 Å². The average molecular weight is 294 g/mol. The topological polar surface area (TPSA) is 42.0 Å². The molecule has 0 radical (unpaired) electrons. The number of pyridine rings is 1. The minimum atomic E-state index is 0.102. The number of aromatic nitrogens is 1. The average Bonchev–Trinajstić information content (AvgIpc) is 2.46. The molecule has 0 fully saturated rings. The highest BCUT2D eigenvalue weighted by atomic mass is 32.1. The van der Waals surface area contributed by atoms with Crippen molar-refractivity contribution in [2.75, 3.05) is 11.1 Å². The molecule has 3 nitrogen and oxygen atoms in total. The number of anilines is 1. The molecule has 0 aliphatic heterocycles. The van der Waals surface area contributed by atoms with E-state index in [1.54, 1.807) is 12.4 Å². The number of amides is 1. The lowest BCUT2D eigenvalue weighted by molar-refractivity contribution is -0.116. The van der Waals surface area contributed by atoms with E-state index in [0.29, 0.717) is 6.42 Å². The van der Waals surface area contributed by atoms with E-state index in [0.717, 1.165) is 24.3 Å². The molecule has 1 heterocycles. The van der Waals surface area contributed by atoms with Gasteiger partial charge in [-0.1, -0.05) is 38.5 Å². The maximum Gasteiger partial charge on any atom is 0.224 e. The van der Waals surface area contributed by atoms with Gasteiger partial charge in [0.25, 0.3) is 0 Å². The van der Waals surface area contributed by atoms with Gasteiger partial charge in [-0.2, -0.15) is 12.6 Å². The molecular weight excluding hydrogens is 268 g/mol. The summed E-state index contributed by atoms with van der Waals surface area (Å²) in [6, 6.07) is 3.62. The van der Waals surface area contributed by atoms with Crippen LogP contribution in [0, 0.1) is 0 Å². The Bertz CT molecular complexity index is 357. The van der Waals surface area contributed by atoms with Gasteiger partial charge in [-0.05, 0) is 30.7 Å². The van der Waals surface area contributed by atoms with Gasteiger partial charge in [-0.15, -0.1) is 0 Å². The number of carbonyl (C=O) groups is 1. The van der Waals surface area contributed by atoms with Crippen molar-refractivity contribution in [2.24, 2.45) is 0 Å². The number of unbranched alkanes of at least 4 members (excludes halogenated alkanes) is 7. The van der Waals surface area contributed by atoms with Gasteiger partial charge in [-0.25, -0.2) is 0 Å². The van der Waals surface area contributed by atoms with E-state index in [1.165, 1.54) is 38.5 Å². The van der Waals surface area contributed by atoms with Gasteiger partial charge in [0, 0.05) is 24.5 Å². The summed E-state index contributed by atoms with van der Waals surface area (Å²) in [5.74, 6) is 1.11. The standard InChI is InChI=1S/C16H26N2OS/c19-16(18-15-10-12-17-13-11-15)9-7-5-3-1-2-4-6-8-14-20/h10-13,20H,1-9,14H2,(H,17,18,19). The summed E-state index contributed by atoms with van der Waals surface area (Å²) in [5, 5.41) is 2.88. The predicted octanol–water partition coefficient (Wildman–Crippen LogP) is 4.46. The van der Waals surface area contributed by atoms with E-state index >= 15 is 0 Å². The molecule has 0 aliphatic carbocycles. The van der Waals surface area contributed by atoms with E-state index in [2.05, 4.69) is 22.9 Å². The summed E-state index contributed by atoms with van der Waals surface area (Å²) in [7, 11) is 0. The molecule has 0 aromatic carbocycles. The van der Waals surface area contributed by atoms with Crippen molar-refractivity contribution < 1.29 is 4.79 Å². The molecule has 1 aromatic rings. The van der Waals surface area contributed by atoms with Crippen molar-refractivity contribution in [3.05, 3.63) is 24.5 Å². The minimum absolute atomic E-state index is 0.102. The van der Waals surface area contributed by atoms with Crippen LogP contribution in [0.3, 0.4) is 0 Å². The molecule has 20 heavy (non-hydrogen) atoms. The number of thiol groups is 1. The van der Waals surface area contributed by atoms with Crippen LogP contribution in [0.2, 0.25) is 0 Å². The number of rotatable bonds is 11. The molecule has 0 unspecified atom stereocenters. The van der Waals surface area contributed by atoms with Crippen molar-refractivity contribution in [1.29, 1.82) is 0 Å². The first-order valence-corrected chi connectivity index (χ1v) is 8.27. The van der Waals surface area contributed by atoms with Crippen LogP contribution in [-0.4, -0.2) is 16.6 Å². The second kappa shape index (κ2) is 11.8. The number of nitrogens with zero attached hydrogens (tertiary/aromatic N) is 1. The number of hydrogen-bond donors (Lipinski definition) is 2. The highest BCUT2D eigenvalue weighted by Crippen LogP contribution is 2.11. The van der Waals surface area contributed by atoms with Crippen LogP contribution in [0.1, 0.15) is 57.8 Å². The second-order valence-corrected chi connectivity index (χ2v) is 5.53. The fourth-order valence-corrected chi connectivity index (χ4v) is 2.34. The third-order valence-electron chi connectivity index (χ3n) is 3.28. The van der Waals surface area contributed by atoms with Crippen LogP contribution in [0.4, 0.5) is 5.69 Å². The maximum absolute atomic E-state index is 11.7. The van der Waals surface area contributed by atoms with E-state index in [1.807, 2.05) is 12.1 Å². The zero-order valence-electron chi connectivity index (χ0n) is 12.2. The van der Waals surface area contributed by atoms with Crippen LogP contribution in [-0.2, 0) is 4.79 Å². The normalized spacial score (nSPS) is 10.4. The molecule has 0 bridgehead atoms. The van der Waals surface area contributed by atoms with Gasteiger partial charge < -0.3 is 5.32 Å². The van der Waals surface area contributed by atoms with Gasteiger partial charge in [0.2, 0.25) is 5.91 Å². The van der Waals surface area contributed by atoms with Crippen LogP contribution in [0.25, 0.3) is 0 Å². The summed E-state index contributed by atoms with van der Waals surface area (Å²) in [6.07, 6.45) is 13.8. The third kappa shape index (κ3) is 8.97. The highest BCUT2D eigenvalue weighted by Gasteiger charge is 2.01. The fourth-order valence-electron chi connectivity index (χ4n) is 2.12. The molecular formula is C16H26N2OS. The van der Waals surface area contributed by atoms with Crippen LogP contribution < -0.4 is 5.32 Å². The van der Waals surface area contributed by atoms with Crippen LogP contribution in [0.15, 0.2) is 24.5 Å². The van der Waals surface area contributed by atoms with Gasteiger partial charge >= 0.3 is 0 Å². The lowest BCUT2D eigenvalue weighted by Gasteiger charge is -2.04. The Morgan fingerprint density at radius 2 is 1.50 bits per heavy atom. The SMILES string of the molecule is O=C(CCCCCCCCCCS)Nc1ccncc1. The zero-order valence-corrected chi connectivity index (χ0v) is 13.1. The second-order valence-electron chi connectivity index (χ2n) is 5.09. The first-order chi connectivity index (χ1) is 9.83. The number of hydrogen-bond acceptors (Lipinski definition) is 3. The number of nitrogens with one attached hydrogen (secondary N) is 1. The van der Waals surface area contributed by atoms with Crippen LogP contribution in [0.5, 0.6) is 0 Å². The Labute approximate surface area is 128 Å². The molecule has 1 amide bonds. The molecule has 0 saturated heterocycles. The zero-order chi connectivity index (χ0) is 14.5. The molecule has 112 valence electrons. The predicted molar refractivity (Wildman–Crippen MR) is 88.3 cm³/mol. The van der Waals surface area contributed by atoms with E-state index < -0.39 is 0 Å². The Balaban J connectivity index is 1.92. The monoisotopic (exact) mass is 294 g/mol. The molecule has 0 aliphatic rings. The molecule has 1 N–H and O–H groups in total. The summed E-state index contributed by atoms with van der Waals surface area (Å²) in [5.41, 5.74) is 0.828. The summed E-state index contributed by atoms with van der Waals surface area (Å²) in [4.78, 5) is 15.6. The quantitative estimate of drug-likeness (QED) is 0.467. The largest absolute Gasteiger partial charge is 0.326 e. The van der Waals surface area contributed by atoms with E-state index in [4.69, 9.17) is 0 Å². The van der Waals surface area contributed by atoms with Crippen molar-refractivity contribution in [3.63, 3.8) is 0 Å². The van der Waals surface area contributed by atoms with Crippen molar-refractivity contribution in [2.45, 2.75) is 57.8 Å². The molecule has 0 atom stereocenters. The Morgan fingerprint density at radius 1 is 0.950 bits per heavy atom. The molecule has 1 rings (SSSR count).